The molecule has 27 heavy (non-hydrogen) atoms. The molecule has 0 aromatic heterocycles. The van der Waals surface area contributed by atoms with Crippen molar-refractivity contribution in [1.29, 1.82) is 0 Å². The number of aryl methyl sites for hydroxylation is 1. The molecule has 0 N–H and O–H groups in total. The first-order chi connectivity index (χ1) is 12.9. The molecule has 2 aromatic carbocycles. The quantitative estimate of drug-likeness (QED) is 0.347. The lowest BCUT2D eigenvalue weighted by atomic mass is 10.1. The molecule has 0 fully saturated rings. The van der Waals surface area contributed by atoms with Crippen LogP contribution in [0.1, 0.15) is 16.7 Å². The molecule has 3 rings (SSSR count). The standard InChI is InChI=1S/C19H16N2O6/c1-11-4-6-15(21(23)24)13(8-11)18-20-14(19(22)27-18)9-12-5-7-16(25-2)17(10-12)26-3/h4-10H,1-3H3. The molecule has 0 atom stereocenters. The molecular weight excluding hydrogens is 352 g/mol. The van der Waals surface area contributed by atoms with E-state index in [9.17, 15) is 14.9 Å². The first kappa shape index (κ1) is 18.1. The van der Waals surface area contributed by atoms with Crippen LogP contribution in [0.2, 0.25) is 0 Å². The molecule has 1 aliphatic rings. The van der Waals surface area contributed by atoms with E-state index < -0.39 is 10.9 Å². The van der Waals surface area contributed by atoms with E-state index in [0.29, 0.717) is 17.1 Å². The van der Waals surface area contributed by atoms with Crippen molar-refractivity contribution in [2.75, 3.05) is 14.2 Å². The molecular formula is C19H16N2O6. The van der Waals surface area contributed by atoms with E-state index in [4.69, 9.17) is 14.2 Å². The van der Waals surface area contributed by atoms with Crippen molar-refractivity contribution in [1.82, 2.24) is 0 Å². The van der Waals surface area contributed by atoms with Crippen molar-refractivity contribution < 1.29 is 23.9 Å². The molecule has 0 saturated heterocycles. The number of methoxy groups -OCH3 is 2. The predicted octanol–water partition coefficient (Wildman–Crippen LogP) is 3.26. The number of cyclic esters (lactones) is 1. The minimum Gasteiger partial charge on any atom is -0.493 e. The molecule has 0 saturated carbocycles. The Hall–Kier alpha value is -3.68. The van der Waals surface area contributed by atoms with Crippen molar-refractivity contribution >= 4 is 23.6 Å². The number of hydrogen-bond acceptors (Lipinski definition) is 7. The van der Waals surface area contributed by atoms with Crippen LogP contribution in [0, 0.1) is 17.0 Å². The van der Waals surface area contributed by atoms with Gasteiger partial charge in [-0.2, -0.15) is 0 Å². The summed E-state index contributed by atoms with van der Waals surface area (Å²) in [5.41, 5.74) is 1.44. The van der Waals surface area contributed by atoms with Gasteiger partial charge in [0.05, 0.1) is 19.1 Å². The number of nitro benzene ring substituents is 1. The molecule has 0 spiro atoms. The van der Waals surface area contributed by atoms with Gasteiger partial charge >= 0.3 is 5.97 Å². The van der Waals surface area contributed by atoms with Gasteiger partial charge in [-0.05, 0) is 42.3 Å². The monoisotopic (exact) mass is 368 g/mol. The molecule has 1 aliphatic heterocycles. The van der Waals surface area contributed by atoms with Crippen molar-refractivity contribution in [2.24, 2.45) is 4.99 Å². The second-order valence-corrected chi connectivity index (χ2v) is 5.73. The number of nitro groups is 1. The highest BCUT2D eigenvalue weighted by molar-refractivity contribution is 6.14. The largest absolute Gasteiger partial charge is 0.493 e. The fraction of sp³-hybridized carbons (Fsp3) is 0.158. The summed E-state index contributed by atoms with van der Waals surface area (Å²) >= 11 is 0. The Bertz CT molecular complexity index is 994. The third-order valence-corrected chi connectivity index (χ3v) is 3.91. The smallest absolute Gasteiger partial charge is 0.363 e. The molecule has 0 amide bonds. The maximum Gasteiger partial charge on any atom is 0.363 e. The number of nitrogens with zero attached hydrogens (tertiary/aromatic N) is 2. The highest BCUT2D eigenvalue weighted by atomic mass is 16.6. The summed E-state index contributed by atoms with van der Waals surface area (Å²) in [7, 11) is 3.03. The Labute approximate surface area is 154 Å². The van der Waals surface area contributed by atoms with Gasteiger partial charge in [0.1, 0.15) is 5.56 Å². The fourth-order valence-corrected chi connectivity index (χ4v) is 2.61. The van der Waals surface area contributed by atoms with Gasteiger partial charge in [-0.25, -0.2) is 9.79 Å². The van der Waals surface area contributed by atoms with E-state index in [2.05, 4.69) is 4.99 Å². The maximum absolute atomic E-state index is 12.2. The molecule has 8 heteroatoms. The van der Waals surface area contributed by atoms with E-state index in [-0.39, 0.29) is 22.8 Å². The average molecular weight is 368 g/mol. The zero-order chi connectivity index (χ0) is 19.6. The Morgan fingerprint density at radius 3 is 2.52 bits per heavy atom. The third-order valence-electron chi connectivity index (χ3n) is 3.91. The zero-order valence-electron chi connectivity index (χ0n) is 14.9. The van der Waals surface area contributed by atoms with Crippen LogP contribution in [0.4, 0.5) is 5.69 Å². The van der Waals surface area contributed by atoms with Gasteiger partial charge in [-0.1, -0.05) is 12.1 Å². The summed E-state index contributed by atoms with van der Waals surface area (Å²) in [6.45, 7) is 1.78. The van der Waals surface area contributed by atoms with Crippen molar-refractivity contribution in [3.05, 3.63) is 68.9 Å². The van der Waals surface area contributed by atoms with Crippen LogP contribution in [0.15, 0.2) is 47.1 Å². The average Bonchev–Trinajstić information content (AvgIpc) is 3.01. The van der Waals surface area contributed by atoms with Gasteiger partial charge in [-0.15, -0.1) is 0 Å². The number of hydrogen-bond donors (Lipinski definition) is 0. The Kier molecular flexibility index (Phi) is 4.89. The summed E-state index contributed by atoms with van der Waals surface area (Å²) in [4.78, 5) is 27.0. The van der Waals surface area contributed by atoms with Crippen LogP contribution in [-0.2, 0) is 9.53 Å². The van der Waals surface area contributed by atoms with E-state index >= 15 is 0 Å². The van der Waals surface area contributed by atoms with Gasteiger partial charge in [0, 0.05) is 6.07 Å². The van der Waals surface area contributed by atoms with Crippen LogP contribution < -0.4 is 9.47 Å². The van der Waals surface area contributed by atoms with Crippen LogP contribution in [0.5, 0.6) is 11.5 Å². The first-order valence-electron chi connectivity index (χ1n) is 7.93. The van der Waals surface area contributed by atoms with Crippen LogP contribution >= 0.6 is 0 Å². The lowest BCUT2D eigenvalue weighted by Crippen LogP contribution is -2.08. The number of benzene rings is 2. The first-order valence-corrected chi connectivity index (χ1v) is 7.93. The molecule has 8 nitrogen and oxygen atoms in total. The molecule has 2 aromatic rings. The summed E-state index contributed by atoms with van der Waals surface area (Å²) in [6.07, 6.45) is 1.51. The summed E-state index contributed by atoms with van der Waals surface area (Å²) in [5, 5.41) is 11.2. The van der Waals surface area contributed by atoms with Gasteiger partial charge in [0.15, 0.2) is 17.2 Å². The second kappa shape index (κ2) is 7.28. The summed E-state index contributed by atoms with van der Waals surface area (Å²) in [6, 6.07) is 9.63. The molecule has 138 valence electrons. The fourth-order valence-electron chi connectivity index (χ4n) is 2.61. The Morgan fingerprint density at radius 1 is 1.11 bits per heavy atom. The van der Waals surface area contributed by atoms with E-state index in [1.165, 1.54) is 26.4 Å². The number of carbonyl (C=O) groups is 1. The molecule has 0 unspecified atom stereocenters. The van der Waals surface area contributed by atoms with Gasteiger partial charge in [-0.3, -0.25) is 10.1 Å². The van der Waals surface area contributed by atoms with Gasteiger partial charge in [0.2, 0.25) is 5.90 Å². The minimum atomic E-state index is -0.685. The lowest BCUT2D eigenvalue weighted by molar-refractivity contribution is -0.385. The van der Waals surface area contributed by atoms with Crippen molar-refractivity contribution in [2.45, 2.75) is 6.92 Å². The predicted molar refractivity (Wildman–Crippen MR) is 98.0 cm³/mol. The van der Waals surface area contributed by atoms with E-state index in [0.717, 1.165) is 5.56 Å². The number of aliphatic imine (C=N–C) groups is 1. The molecule has 0 aliphatic carbocycles. The number of rotatable bonds is 5. The van der Waals surface area contributed by atoms with Crippen LogP contribution in [0.3, 0.4) is 0 Å². The topological polar surface area (TPSA) is 100 Å². The summed E-state index contributed by atoms with van der Waals surface area (Å²) in [5.74, 6) is 0.266. The van der Waals surface area contributed by atoms with Crippen LogP contribution in [0.25, 0.3) is 6.08 Å². The van der Waals surface area contributed by atoms with Crippen LogP contribution in [-0.4, -0.2) is 31.0 Å². The maximum atomic E-state index is 12.2. The van der Waals surface area contributed by atoms with Crippen molar-refractivity contribution in [3.63, 3.8) is 0 Å². The van der Waals surface area contributed by atoms with Gasteiger partial charge in [0.25, 0.3) is 5.69 Å². The molecule has 0 bridgehead atoms. The van der Waals surface area contributed by atoms with E-state index in [1.807, 2.05) is 0 Å². The SMILES string of the molecule is COc1ccc(C=C2N=C(c3cc(C)ccc3[N+](=O)[O-])OC2=O)cc1OC. The second-order valence-electron chi connectivity index (χ2n) is 5.73. The number of esters is 1. The lowest BCUT2D eigenvalue weighted by Gasteiger charge is -2.07. The highest BCUT2D eigenvalue weighted by Crippen LogP contribution is 2.30. The Balaban J connectivity index is 2.01. The highest BCUT2D eigenvalue weighted by Gasteiger charge is 2.29. The Morgan fingerprint density at radius 2 is 1.85 bits per heavy atom. The number of ether oxygens (including phenoxy) is 3. The zero-order valence-corrected chi connectivity index (χ0v) is 14.9. The molecule has 1 heterocycles. The number of carbonyl (C=O) groups excluding carboxylic acids is 1. The summed E-state index contributed by atoms with van der Waals surface area (Å²) < 4.78 is 15.6. The van der Waals surface area contributed by atoms with Gasteiger partial charge < -0.3 is 14.2 Å². The molecule has 0 radical (unpaired) electrons. The third kappa shape index (κ3) is 3.64. The normalized spacial score (nSPS) is 14.7. The van der Waals surface area contributed by atoms with Crippen molar-refractivity contribution in [3.8, 4) is 11.5 Å². The van der Waals surface area contributed by atoms with E-state index in [1.54, 1.807) is 37.3 Å². The minimum absolute atomic E-state index is 0.0352.